The van der Waals surface area contributed by atoms with E-state index in [0.29, 0.717) is 11.9 Å². The summed E-state index contributed by atoms with van der Waals surface area (Å²) in [6.45, 7) is 2.16. The van der Waals surface area contributed by atoms with Crippen molar-refractivity contribution < 1.29 is 0 Å². The minimum Gasteiger partial charge on any atom is -0.384 e. The van der Waals surface area contributed by atoms with Gasteiger partial charge in [0.05, 0.1) is 0 Å². The number of nitrogen functional groups attached to an aromatic ring is 1. The summed E-state index contributed by atoms with van der Waals surface area (Å²) in [7, 11) is 0. The van der Waals surface area contributed by atoms with Gasteiger partial charge in [0.1, 0.15) is 5.82 Å². The molecule has 0 aliphatic heterocycles. The molecule has 2 rings (SSSR count). The molecule has 0 radical (unpaired) electrons. The van der Waals surface area contributed by atoms with Gasteiger partial charge in [-0.2, -0.15) is 0 Å². The number of anilines is 2. The van der Waals surface area contributed by atoms with E-state index in [1.807, 2.05) is 18.2 Å². The van der Waals surface area contributed by atoms with Crippen molar-refractivity contribution in [3.63, 3.8) is 0 Å². The second kappa shape index (κ2) is 5.34. The van der Waals surface area contributed by atoms with E-state index in [9.17, 15) is 0 Å². The molecule has 3 heteroatoms. The molecule has 0 aliphatic rings. The zero-order valence-corrected chi connectivity index (χ0v) is 9.93. The topological polar surface area (TPSA) is 50.9 Å². The van der Waals surface area contributed by atoms with Crippen molar-refractivity contribution in [1.82, 2.24) is 4.98 Å². The molecule has 1 aromatic heterocycles. The van der Waals surface area contributed by atoms with Crippen LogP contribution in [0.2, 0.25) is 0 Å². The van der Waals surface area contributed by atoms with Crippen molar-refractivity contribution in [2.45, 2.75) is 19.4 Å². The van der Waals surface area contributed by atoms with Gasteiger partial charge < -0.3 is 11.1 Å². The third kappa shape index (κ3) is 3.48. The van der Waals surface area contributed by atoms with Gasteiger partial charge in [0.2, 0.25) is 0 Å². The molecule has 0 saturated heterocycles. The Hall–Kier alpha value is -2.03. The highest BCUT2D eigenvalue weighted by atomic mass is 14.9. The van der Waals surface area contributed by atoms with Crippen LogP contribution in [0, 0.1) is 0 Å². The van der Waals surface area contributed by atoms with Crippen molar-refractivity contribution >= 4 is 11.5 Å². The first-order chi connectivity index (χ1) is 8.24. The molecule has 0 amide bonds. The van der Waals surface area contributed by atoms with Crippen LogP contribution in [0.5, 0.6) is 0 Å². The molecule has 0 aliphatic carbocycles. The fourth-order valence-corrected chi connectivity index (χ4v) is 1.84. The predicted molar refractivity (Wildman–Crippen MR) is 71.9 cm³/mol. The van der Waals surface area contributed by atoms with E-state index >= 15 is 0 Å². The summed E-state index contributed by atoms with van der Waals surface area (Å²) in [5.74, 6) is 0.543. The fraction of sp³-hybridized carbons (Fsp3) is 0.214. The van der Waals surface area contributed by atoms with Gasteiger partial charge in [-0.15, -0.1) is 0 Å². The average Bonchev–Trinajstić information content (AvgIpc) is 2.30. The normalized spacial score (nSPS) is 12.1. The SMILES string of the molecule is CC(Cc1ccccc1)Nc1ccnc(N)c1. The maximum absolute atomic E-state index is 5.64. The molecule has 3 nitrogen and oxygen atoms in total. The Bertz CT molecular complexity index is 468. The summed E-state index contributed by atoms with van der Waals surface area (Å²) in [5, 5.41) is 3.41. The van der Waals surface area contributed by atoms with Gasteiger partial charge in [0.15, 0.2) is 0 Å². The van der Waals surface area contributed by atoms with E-state index in [1.165, 1.54) is 5.56 Å². The van der Waals surface area contributed by atoms with Crippen molar-refractivity contribution in [2.75, 3.05) is 11.1 Å². The van der Waals surface area contributed by atoms with Gasteiger partial charge in [-0.1, -0.05) is 30.3 Å². The van der Waals surface area contributed by atoms with Crippen LogP contribution in [-0.2, 0) is 6.42 Å². The maximum atomic E-state index is 5.64. The highest BCUT2D eigenvalue weighted by Gasteiger charge is 2.03. The quantitative estimate of drug-likeness (QED) is 0.844. The van der Waals surface area contributed by atoms with E-state index in [0.717, 1.165) is 12.1 Å². The molecule has 1 atom stereocenters. The first-order valence-electron chi connectivity index (χ1n) is 5.76. The van der Waals surface area contributed by atoms with Crippen molar-refractivity contribution in [2.24, 2.45) is 0 Å². The smallest absolute Gasteiger partial charge is 0.125 e. The summed E-state index contributed by atoms with van der Waals surface area (Å²) in [6, 6.07) is 14.6. The molecule has 0 bridgehead atoms. The molecule has 3 N–H and O–H groups in total. The van der Waals surface area contributed by atoms with Gasteiger partial charge in [0, 0.05) is 24.0 Å². The summed E-state index contributed by atoms with van der Waals surface area (Å²) < 4.78 is 0. The van der Waals surface area contributed by atoms with Gasteiger partial charge in [-0.3, -0.25) is 0 Å². The molecule has 0 fully saturated rings. The van der Waals surface area contributed by atoms with Crippen LogP contribution in [0.3, 0.4) is 0 Å². The summed E-state index contributed by atoms with van der Waals surface area (Å²) in [4.78, 5) is 3.97. The minimum atomic E-state index is 0.360. The third-order valence-corrected chi connectivity index (χ3v) is 2.58. The Kier molecular flexibility index (Phi) is 3.60. The number of aromatic nitrogens is 1. The lowest BCUT2D eigenvalue weighted by Crippen LogP contribution is -2.18. The van der Waals surface area contributed by atoms with E-state index < -0.39 is 0 Å². The number of nitrogens with one attached hydrogen (secondary N) is 1. The molecule has 0 spiro atoms. The summed E-state index contributed by atoms with van der Waals surface area (Å²) in [6.07, 6.45) is 2.70. The monoisotopic (exact) mass is 227 g/mol. The zero-order valence-electron chi connectivity index (χ0n) is 9.93. The van der Waals surface area contributed by atoms with Gasteiger partial charge >= 0.3 is 0 Å². The Balaban J connectivity index is 1.96. The molecule has 88 valence electrons. The van der Waals surface area contributed by atoms with Crippen LogP contribution >= 0.6 is 0 Å². The number of hydrogen-bond acceptors (Lipinski definition) is 3. The van der Waals surface area contributed by atoms with Crippen LogP contribution in [0.25, 0.3) is 0 Å². The second-order valence-corrected chi connectivity index (χ2v) is 4.20. The zero-order chi connectivity index (χ0) is 12.1. The third-order valence-electron chi connectivity index (χ3n) is 2.58. The van der Waals surface area contributed by atoms with Crippen molar-refractivity contribution in [1.29, 1.82) is 0 Å². The molecule has 1 heterocycles. The molecule has 1 aromatic carbocycles. The fourth-order valence-electron chi connectivity index (χ4n) is 1.84. The van der Waals surface area contributed by atoms with Gasteiger partial charge in [0.25, 0.3) is 0 Å². The molecule has 1 unspecified atom stereocenters. The first-order valence-corrected chi connectivity index (χ1v) is 5.76. The summed E-state index contributed by atoms with van der Waals surface area (Å²) in [5.41, 5.74) is 7.98. The lowest BCUT2D eigenvalue weighted by molar-refractivity contribution is 0.790. The molecular formula is C14H17N3. The highest BCUT2D eigenvalue weighted by Crippen LogP contribution is 2.12. The second-order valence-electron chi connectivity index (χ2n) is 4.20. The van der Waals surface area contributed by atoms with E-state index in [2.05, 4.69) is 41.5 Å². The average molecular weight is 227 g/mol. The van der Waals surface area contributed by atoms with Crippen LogP contribution in [0.4, 0.5) is 11.5 Å². The number of benzene rings is 1. The molecule has 0 saturated carbocycles. The van der Waals surface area contributed by atoms with Gasteiger partial charge in [-0.25, -0.2) is 4.98 Å². The number of pyridine rings is 1. The number of nitrogens with zero attached hydrogens (tertiary/aromatic N) is 1. The number of rotatable bonds is 4. The standard InChI is InChI=1S/C14H17N3/c1-11(9-12-5-3-2-4-6-12)17-13-7-8-16-14(15)10-13/h2-8,10-11H,9H2,1H3,(H3,15,16,17). The number of hydrogen-bond donors (Lipinski definition) is 2. The lowest BCUT2D eigenvalue weighted by Gasteiger charge is -2.15. The van der Waals surface area contributed by atoms with Gasteiger partial charge in [-0.05, 0) is 25.0 Å². The van der Waals surface area contributed by atoms with Crippen LogP contribution in [-0.4, -0.2) is 11.0 Å². The Morgan fingerprint density at radius 2 is 2.00 bits per heavy atom. The molecular weight excluding hydrogens is 210 g/mol. The van der Waals surface area contributed by atoms with Crippen molar-refractivity contribution in [3.05, 3.63) is 54.2 Å². The van der Waals surface area contributed by atoms with Crippen molar-refractivity contribution in [3.8, 4) is 0 Å². The number of nitrogens with two attached hydrogens (primary N) is 1. The highest BCUT2D eigenvalue weighted by molar-refractivity contribution is 5.50. The van der Waals surface area contributed by atoms with E-state index in [4.69, 9.17) is 5.73 Å². The Morgan fingerprint density at radius 1 is 1.24 bits per heavy atom. The first kappa shape index (κ1) is 11.5. The predicted octanol–water partition coefficient (Wildman–Crippen LogP) is 2.71. The van der Waals surface area contributed by atoms with E-state index in [1.54, 1.807) is 6.20 Å². The molecule has 2 aromatic rings. The van der Waals surface area contributed by atoms with Crippen LogP contribution in [0.15, 0.2) is 48.7 Å². The van der Waals surface area contributed by atoms with Crippen LogP contribution in [0.1, 0.15) is 12.5 Å². The largest absolute Gasteiger partial charge is 0.384 e. The maximum Gasteiger partial charge on any atom is 0.125 e. The Morgan fingerprint density at radius 3 is 2.71 bits per heavy atom. The van der Waals surface area contributed by atoms with E-state index in [-0.39, 0.29) is 0 Å². The Labute approximate surface area is 102 Å². The minimum absolute atomic E-state index is 0.360. The van der Waals surface area contributed by atoms with Crippen LogP contribution < -0.4 is 11.1 Å². The molecule has 17 heavy (non-hydrogen) atoms. The lowest BCUT2D eigenvalue weighted by atomic mass is 10.1. The summed E-state index contributed by atoms with van der Waals surface area (Å²) >= 11 is 0.